The molecule has 94 valence electrons. The standard InChI is InChI=1S/C10H18N6O/c1-8-2-3-15(5-9(8)4-11)10(17)6-16-7-12-13-14-16/h7-9H,2-6,11H2,1H3. The molecular formula is C10H18N6O. The van der Waals surface area contributed by atoms with Gasteiger partial charge in [-0.25, -0.2) is 4.68 Å². The molecule has 2 heterocycles. The van der Waals surface area contributed by atoms with Gasteiger partial charge in [-0.05, 0) is 35.2 Å². The fourth-order valence-electron chi connectivity index (χ4n) is 2.17. The largest absolute Gasteiger partial charge is 0.341 e. The van der Waals surface area contributed by atoms with Gasteiger partial charge in [-0.1, -0.05) is 6.92 Å². The lowest BCUT2D eigenvalue weighted by Gasteiger charge is -2.36. The van der Waals surface area contributed by atoms with Gasteiger partial charge in [0.1, 0.15) is 12.9 Å². The Labute approximate surface area is 100.0 Å². The lowest BCUT2D eigenvalue weighted by Crippen LogP contribution is -2.46. The quantitative estimate of drug-likeness (QED) is 0.738. The van der Waals surface area contributed by atoms with Gasteiger partial charge in [0.25, 0.3) is 0 Å². The highest BCUT2D eigenvalue weighted by Crippen LogP contribution is 2.22. The number of rotatable bonds is 3. The molecule has 7 nitrogen and oxygen atoms in total. The van der Waals surface area contributed by atoms with Gasteiger partial charge in [0.2, 0.25) is 5.91 Å². The molecule has 0 bridgehead atoms. The fraction of sp³-hybridized carbons (Fsp3) is 0.800. The Bertz CT molecular complexity index is 365. The number of nitrogens with two attached hydrogens (primary N) is 1. The Hall–Kier alpha value is -1.50. The van der Waals surface area contributed by atoms with Gasteiger partial charge < -0.3 is 10.6 Å². The molecule has 2 unspecified atom stereocenters. The van der Waals surface area contributed by atoms with Crippen LogP contribution in [0.15, 0.2) is 6.33 Å². The smallest absolute Gasteiger partial charge is 0.244 e. The van der Waals surface area contributed by atoms with Crippen LogP contribution >= 0.6 is 0 Å². The summed E-state index contributed by atoms with van der Waals surface area (Å²) in [5.41, 5.74) is 5.72. The maximum Gasteiger partial charge on any atom is 0.244 e. The predicted molar refractivity (Wildman–Crippen MR) is 60.7 cm³/mol. The number of carbonyl (C=O) groups excluding carboxylic acids is 1. The number of likely N-dealkylation sites (tertiary alicyclic amines) is 1. The number of hydrogen-bond donors (Lipinski definition) is 1. The zero-order chi connectivity index (χ0) is 12.3. The van der Waals surface area contributed by atoms with Crippen molar-refractivity contribution < 1.29 is 4.79 Å². The zero-order valence-corrected chi connectivity index (χ0v) is 9.99. The molecular weight excluding hydrogens is 220 g/mol. The van der Waals surface area contributed by atoms with E-state index in [1.165, 1.54) is 11.0 Å². The minimum Gasteiger partial charge on any atom is -0.341 e. The topological polar surface area (TPSA) is 89.9 Å². The molecule has 1 saturated heterocycles. The van der Waals surface area contributed by atoms with Gasteiger partial charge in [0.15, 0.2) is 0 Å². The first kappa shape index (κ1) is 12.0. The van der Waals surface area contributed by atoms with Gasteiger partial charge in [-0.15, -0.1) is 5.10 Å². The predicted octanol–water partition coefficient (Wildman–Crippen LogP) is -0.884. The van der Waals surface area contributed by atoms with Crippen LogP contribution in [-0.2, 0) is 11.3 Å². The SMILES string of the molecule is CC1CCN(C(=O)Cn2cnnn2)CC1CN. The Morgan fingerprint density at radius 1 is 1.59 bits per heavy atom. The molecule has 0 spiro atoms. The third kappa shape index (κ3) is 2.79. The van der Waals surface area contributed by atoms with E-state index in [4.69, 9.17) is 5.73 Å². The second-order valence-corrected chi connectivity index (χ2v) is 4.61. The maximum atomic E-state index is 12.0. The average Bonchev–Trinajstić information content (AvgIpc) is 2.82. The summed E-state index contributed by atoms with van der Waals surface area (Å²) >= 11 is 0. The van der Waals surface area contributed by atoms with Crippen molar-refractivity contribution in [1.82, 2.24) is 25.1 Å². The molecule has 1 aliphatic rings. The number of tetrazole rings is 1. The van der Waals surface area contributed by atoms with E-state index in [-0.39, 0.29) is 12.5 Å². The van der Waals surface area contributed by atoms with E-state index in [1.807, 2.05) is 4.90 Å². The molecule has 2 N–H and O–H groups in total. The highest BCUT2D eigenvalue weighted by atomic mass is 16.2. The first-order chi connectivity index (χ1) is 8.20. The molecule has 17 heavy (non-hydrogen) atoms. The number of piperidine rings is 1. The van der Waals surface area contributed by atoms with Gasteiger partial charge in [0, 0.05) is 13.1 Å². The van der Waals surface area contributed by atoms with Crippen molar-refractivity contribution in [1.29, 1.82) is 0 Å². The Balaban J connectivity index is 1.91. The summed E-state index contributed by atoms with van der Waals surface area (Å²) in [5.74, 6) is 1.06. The van der Waals surface area contributed by atoms with Gasteiger partial charge in [-0.2, -0.15) is 0 Å². The second-order valence-electron chi connectivity index (χ2n) is 4.61. The van der Waals surface area contributed by atoms with Gasteiger partial charge in [0.05, 0.1) is 0 Å². The van der Waals surface area contributed by atoms with E-state index in [1.54, 1.807) is 0 Å². The molecule has 1 aliphatic heterocycles. The molecule has 0 aliphatic carbocycles. The summed E-state index contributed by atoms with van der Waals surface area (Å²) in [6.07, 6.45) is 2.47. The molecule has 1 aromatic heterocycles. The third-order valence-corrected chi connectivity index (χ3v) is 3.46. The summed E-state index contributed by atoms with van der Waals surface area (Å²) < 4.78 is 1.44. The summed E-state index contributed by atoms with van der Waals surface area (Å²) in [5, 5.41) is 10.7. The van der Waals surface area contributed by atoms with Crippen LogP contribution in [0.5, 0.6) is 0 Å². The first-order valence-electron chi connectivity index (χ1n) is 5.89. The Kier molecular flexibility index (Phi) is 3.68. The van der Waals surface area contributed by atoms with Crippen LogP contribution < -0.4 is 5.73 Å². The van der Waals surface area contributed by atoms with E-state index in [0.29, 0.717) is 18.4 Å². The van der Waals surface area contributed by atoms with Crippen molar-refractivity contribution in [3.05, 3.63) is 6.33 Å². The normalized spacial score (nSPS) is 24.9. The van der Waals surface area contributed by atoms with E-state index in [9.17, 15) is 4.79 Å². The minimum absolute atomic E-state index is 0.0580. The van der Waals surface area contributed by atoms with E-state index >= 15 is 0 Å². The van der Waals surface area contributed by atoms with E-state index in [0.717, 1.165) is 19.5 Å². The van der Waals surface area contributed by atoms with Crippen LogP contribution in [0, 0.1) is 11.8 Å². The highest BCUT2D eigenvalue weighted by Gasteiger charge is 2.27. The summed E-state index contributed by atoms with van der Waals surface area (Å²) in [6.45, 7) is 4.59. The minimum atomic E-state index is 0.0580. The van der Waals surface area contributed by atoms with Crippen molar-refractivity contribution >= 4 is 5.91 Å². The lowest BCUT2D eigenvalue weighted by atomic mass is 9.87. The van der Waals surface area contributed by atoms with Crippen molar-refractivity contribution in [2.24, 2.45) is 17.6 Å². The molecule has 0 saturated carbocycles. The van der Waals surface area contributed by atoms with Crippen LogP contribution in [0.25, 0.3) is 0 Å². The summed E-state index contributed by atoms with van der Waals surface area (Å²) in [7, 11) is 0. The van der Waals surface area contributed by atoms with Crippen LogP contribution in [0.3, 0.4) is 0 Å². The van der Waals surface area contributed by atoms with E-state index in [2.05, 4.69) is 22.4 Å². The zero-order valence-electron chi connectivity index (χ0n) is 9.99. The lowest BCUT2D eigenvalue weighted by molar-refractivity contribution is -0.134. The van der Waals surface area contributed by atoms with Crippen molar-refractivity contribution in [2.75, 3.05) is 19.6 Å². The molecule has 7 heteroatoms. The fourth-order valence-corrected chi connectivity index (χ4v) is 2.17. The van der Waals surface area contributed by atoms with Crippen molar-refractivity contribution in [3.63, 3.8) is 0 Å². The first-order valence-corrected chi connectivity index (χ1v) is 5.89. The summed E-state index contributed by atoms with van der Waals surface area (Å²) in [4.78, 5) is 13.9. The number of amides is 1. The van der Waals surface area contributed by atoms with Crippen LogP contribution in [0.1, 0.15) is 13.3 Å². The average molecular weight is 238 g/mol. The van der Waals surface area contributed by atoms with Crippen LogP contribution in [0.4, 0.5) is 0 Å². The molecule has 1 amide bonds. The second kappa shape index (κ2) is 5.22. The van der Waals surface area contributed by atoms with Crippen LogP contribution in [0.2, 0.25) is 0 Å². The Morgan fingerprint density at radius 2 is 2.41 bits per heavy atom. The Morgan fingerprint density at radius 3 is 3.06 bits per heavy atom. The third-order valence-electron chi connectivity index (χ3n) is 3.46. The molecule has 1 fully saturated rings. The number of nitrogens with zero attached hydrogens (tertiary/aromatic N) is 5. The number of aromatic nitrogens is 4. The van der Waals surface area contributed by atoms with E-state index < -0.39 is 0 Å². The van der Waals surface area contributed by atoms with Gasteiger partial charge >= 0.3 is 0 Å². The monoisotopic (exact) mass is 238 g/mol. The number of carbonyl (C=O) groups is 1. The summed E-state index contributed by atoms with van der Waals surface area (Å²) in [6, 6.07) is 0. The molecule has 0 aromatic carbocycles. The van der Waals surface area contributed by atoms with Crippen molar-refractivity contribution in [2.45, 2.75) is 19.9 Å². The molecule has 2 atom stereocenters. The number of hydrogen-bond acceptors (Lipinski definition) is 5. The highest BCUT2D eigenvalue weighted by molar-refractivity contribution is 5.75. The maximum absolute atomic E-state index is 12.0. The van der Waals surface area contributed by atoms with Crippen LogP contribution in [-0.4, -0.2) is 50.6 Å². The molecule has 1 aromatic rings. The molecule has 0 radical (unpaired) electrons. The van der Waals surface area contributed by atoms with Gasteiger partial charge in [-0.3, -0.25) is 4.79 Å². The van der Waals surface area contributed by atoms with Crippen molar-refractivity contribution in [3.8, 4) is 0 Å². The molecule has 2 rings (SSSR count).